The lowest BCUT2D eigenvalue weighted by Crippen LogP contribution is -2.35. The van der Waals surface area contributed by atoms with E-state index >= 15 is 0 Å². The van der Waals surface area contributed by atoms with Crippen molar-refractivity contribution in [3.63, 3.8) is 0 Å². The number of thioether (sulfide) groups is 2. The van der Waals surface area contributed by atoms with Crippen LogP contribution in [0.2, 0.25) is 0 Å². The largest absolute Gasteiger partial charge is 0.129 e. The van der Waals surface area contributed by atoms with E-state index in [1.54, 1.807) is 5.56 Å². The summed E-state index contributed by atoms with van der Waals surface area (Å²) in [6.45, 7) is 2.47. The molecule has 32 heavy (non-hydrogen) atoms. The highest BCUT2D eigenvalue weighted by molar-refractivity contribution is 9.10. The molecular formula is C27H18Br2S3. The minimum Gasteiger partial charge on any atom is -0.129 e. The molecule has 2 atom stereocenters. The lowest BCUT2D eigenvalue weighted by Gasteiger charge is -2.38. The average molecular weight is 598 g/mol. The minimum atomic E-state index is -0.0737. The van der Waals surface area contributed by atoms with E-state index in [0.717, 1.165) is 14.7 Å². The van der Waals surface area contributed by atoms with E-state index < -0.39 is 0 Å². The predicted octanol–water partition coefficient (Wildman–Crippen LogP) is 9.46. The molecular weight excluding hydrogens is 580 g/mol. The molecule has 7 rings (SSSR count). The number of fused-ring (bicyclic) bond motifs is 9. The third-order valence-corrected chi connectivity index (χ3v) is 12.7. The fourth-order valence-electron chi connectivity index (χ4n) is 5.73. The summed E-state index contributed by atoms with van der Waals surface area (Å²) in [5.41, 5.74) is 4.48. The van der Waals surface area contributed by atoms with Crippen molar-refractivity contribution in [1.82, 2.24) is 0 Å². The van der Waals surface area contributed by atoms with Crippen LogP contribution in [0, 0.1) is 5.92 Å². The minimum absolute atomic E-state index is 0.0283. The summed E-state index contributed by atoms with van der Waals surface area (Å²) in [4.78, 5) is 4.23. The molecule has 2 spiro atoms. The van der Waals surface area contributed by atoms with Crippen LogP contribution in [-0.2, 0) is 9.49 Å². The van der Waals surface area contributed by atoms with Crippen molar-refractivity contribution in [2.24, 2.45) is 5.92 Å². The van der Waals surface area contributed by atoms with Crippen molar-refractivity contribution >= 4 is 77.9 Å². The first-order valence-corrected chi connectivity index (χ1v) is 14.9. The van der Waals surface area contributed by atoms with Crippen LogP contribution in [0.1, 0.15) is 23.6 Å². The van der Waals surface area contributed by atoms with Crippen LogP contribution in [0.4, 0.5) is 0 Å². The van der Waals surface area contributed by atoms with Crippen LogP contribution in [-0.4, -0.2) is 5.75 Å². The van der Waals surface area contributed by atoms with Crippen LogP contribution in [0.3, 0.4) is 0 Å². The highest BCUT2D eigenvalue weighted by atomic mass is 79.9. The van der Waals surface area contributed by atoms with Gasteiger partial charge in [0.15, 0.2) is 0 Å². The third kappa shape index (κ3) is 2.55. The van der Waals surface area contributed by atoms with E-state index in [1.807, 2.05) is 23.5 Å². The van der Waals surface area contributed by atoms with Gasteiger partial charge in [-0.2, -0.15) is 0 Å². The first-order chi connectivity index (χ1) is 15.5. The fourth-order valence-corrected chi connectivity index (χ4v) is 11.3. The topological polar surface area (TPSA) is 0 Å². The Balaban J connectivity index is 1.61. The van der Waals surface area contributed by atoms with Crippen molar-refractivity contribution in [3.05, 3.63) is 98.4 Å². The van der Waals surface area contributed by atoms with E-state index in [-0.39, 0.29) is 9.49 Å². The van der Waals surface area contributed by atoms with E-state index in [9.17, 15) is 0 Å². The number of halogens is 2. The molecule has 3 aliphatic rings. The molecule has 1 saturated heterocycles. The molecule has 0 bridgehead atoms. The zero-order chi connectivity index (χ0) is 21.7. The summed E-state index contributed by atoms with van der Waals surface area (Å²) in [6.07, 6.45) is 0. The Morgan fingerprint density at radius 3 is 2.19 bits per heavy atom. The molecule has 0 aromatic heterocycles. The fraction of sp³-hybridized carbons (Fsp3) is 0.185. The number of hydrogen-bond acceptors (Lipinski definition) is 3. The van der Waals surface area contributed by atoms with Gasteiger partial charge in [-0.15, -0.1) is 23.5 Å². The molecule has 3 aliphatic heterocycles. The smallest absolute Gasteiger partial charge is 0.0880 e. The maximum Gasteiger partial charge on any atom is 0.0880 e. The summed E-state index contributed by atoms with van der Waals surface area (Å²) >= 11 is 13.7. The Bertz CT molecular complexity index is 1400. The summed E-state index contributed by atoms with van der Waals surface area (Å²) in [5.74, 6) is 1.71. The number of rotatable bonds is 0. The van der Waals surface area contributed by atoms with Crippen molar-refractivity contribution in [1.29, 1.82) is 0 Å². The Hall–Kier alpha value is -0.850. The van der Waals surface area contributed by atoms with Gasteiger partial charge in [-0.1, -0.05) is 80.9 Å². The third-order valence-electron chi connectivity index (χ3n) is 7.10. The number of benzene rings is 4. The lowest BCUT2D eigenvalue weighted by molar-refractivity contribution is 0.437. The van der Waals surface area contributed by atoms with E-state index in [2.05, 4.69) is 123 Å². The zero-order valence-corrected chi connectivity index (χ0v) is 22.8. The molecule has 0 radical (unpaired) electrons. The van der Waals surface area contributed by atoms with Gasteiger partial charge in [0.05, 0.1) is 9.49 Å². The molecule has 0 nitrogen and oxygen atoms in total. The molecule has 3 heterocycles. The van der Waals surface area contributed by atoms with Gasteiger partial charge in [0, 0.05) is 29.4 Å². The normalized spacial score (nSPS) is 24.3. The monoisotopic (exact) mass is 596 g/mol. The molecule has 4 aromatic rings. The summed E-state index contributed by atoms with van der Waals surface area (Å²) < 4.78 is 2.28. The van der Waals surface area contributed by atoms with Gasteiger partial charge in [-0.3, -0.25) is 0 Å². The van der Waals surface area contributed by atoms with Gasteiger partial charge in [-0.05, 0) is 75.8 Å². The Morgan fingerprint density at radius 1 is 0.812 bits per heavy atom. The maximum absolute atomic E-state index is 3.79. The predicted molar refractivity (Wildman–Crippen MR) is 146 cm³/mol. The highest BCUT2D eigenvalue weighted by Gasteiger charge is 2.76. The Labute approximate surface area is 217 Å². The van der Waals surface area contributed by atoms with E-state index in [4.69, 9.17) is 0 Å². The van der Waals surface area contributed by atoms with Gasteiger partial charge in [0.2, 0.25) is 0 Å². The molecule has 0 aliphatic carbocycles. The Morgan fingerprint density at radius 2 is 1.47 bits per heavy atom. The van der Waals surface area contributed by atoms with Crippen molar-refractivity contribution in [3.8, 4) is 0 Å². The summed E-state index contributed by atoms with van der Waals surface area (Å²) in [7, 11) is 0. The van der Waals surface area contributed by atoms with Crippen molar-refractivity contribution in [2.75, 3.05) is 5.75 Å². The van der Waals surface area contributed by atoms with Gasteiger partial charge < -0.3 is 0 Å². The zero-order valence-electron chi connectivity index (χ0n) is 17.2. The van der Waals surface area contributed by atoms with Crippen LogP contribution in [0.15, 0.2) is 96.4 Å². The molecule has 5 heteroatoms. The van der Waals surface area contributed by atoms with E-state index in [0.29, 0.717) is 5.92 Å². The summed E-state index contributed by atoms with van der Waals surface area (Å²) in [6, 6.07) is 27.4. The molecule has 0 N–H and O–H groups in total. The first-order valence-electron chi connectivity index (χ1n) is 10.7. The van der Waals surface area contributed by atoms with Gasteiger partial charge in [-0.25, -0.2) is 0 Å². The van der Waals surface area contributed by atoms with Crippen molar-refractivity contribution in [2.45, 2.75) is 31.1 Å². The second-order valence-electron chi connectivity index (χ2n) is 8.77. The van der Waals surface area contributed by atoms with Gasteiger partial charge >= 0.3 is 0 Å². The van der Waals surface area contributed by atoms with Crippen molar-refractivity contribution < 1.29 is 0 Å². The quantitative estimate of drug-likeness (QED) is 0.185. The van der Waals surface area contributed by atoms with Crippen LogP contribution < -0.4 is 0 Å². The SMILES string of the molecule is CC1CSc2ccc3ccccc3c2C12SC21c2cc(Br)ccc2Sc2ccc(Br)cc21. The second kappa shape index (κ2) is 7.08. The van der Waals surface area contributed by atoms with Gasteiger partial charge in [0.1, 0.15) is 0 Å². The molecule has 0 saturated carbocycles. The first kappa shape index (κ1) is 20.5. The standard InChI is InChI=1S/C27H18Br2S3/c1-15-14-30-24-9-6-16-4-2-3-5-19(16)25(24)26(15)27(32-26)20-12-17(28)7-10-22(20)31-23-11-8-18(29)13-21(23)27/h2-13,15H,14H2,1H3. The second-order valence-corrected chi connectivity index (χ2v) is 14.2. The molecule has 2 unspecified atom stereocenters. The average Bonchev–Trinajstić information content (AvgIpc) is 3.48. The summed E-state index contributed by atoms with van der Waals surface area (Å²) in [5, 5.41) is 2.76. The molecule has 4 aromatic carbocycles. The lowest BCUT2D eigenvalue weighted by atomic mass is 9.70. The highest BCUT2D eigenvalue weighted by Crippen LogP contribution is 2.85. The van der Waals surface area contributed by atoms with Crippen LogP contribution in [0.25, 0.3) is 10.8 Å². The van der Waals surface area contributed by atoms with Gasteiger partial charge in [0.25, 0.3) is 0 Å². The van der Waals surface area contributed by atoms with E-state index in [1.165, 1.54) is 36.6 Å². The maximum atomic E-state index is 3.79. The molecule has 0 amide bonds. The Kier molecular flexibility index (Phi) is 4.54. The molecule has 158 valence electrons. The van der Waals surface area contributed by atoms with Crippen LogP contribution in [0.5, 0.6) is 0 Å². The molecule has 1 fully saturated rings. The number of hydrogen-bond donors (Lipinski definition) is 0. The van der Waals surface area contributed by atoms with Crippen LogP contribution >= 0.6 is 67.1 Å².